The predicted octanol–water partition coefficient (Wildman–Crippen LogP) is 1.71. The van der Waals surface area contributed by atoms with Crippen LogP contribution >= 0.6 is 0 Å². The lowest BCUT2D eigenvalue weighted by atomic mass is 10.0. The van der Waals surface area contributed by atoms with Gasteiger partial charge in [-0.1, -0.05) is 24.2 Å². The van der Waals surface area contributed by atoms with Gasteiger partial charge in [-0.25, -0.2) is 0 Å². The molecule has 0 saturated heterocycles. The van der Waals surface area contributed by atoms with Crippen LogP contribution < -0.4 is 5.73 Å². The Hall–Kier alpha value is -1.20. The highest BCUT2D eigenvalue weighted by Gasteiger charge is 2.32. The zero-order valence-electron chi connectivity index (χ0n) is 10.5. The summed E-state index contributed by atoms with van der Waals surface area (Å²) in [7, 11) is 1.66. The van der Waals surface area contributed by atoms with Gasteiger partial charge in [-0.05, 0) is 19.8 Å². The van der Waals surface area contributed by atoms with Gasteiger partial charge in [0.05, 0.1) is 5.92 Å². The second-order valence-electron chi connectivity index (χ2n) is 4.64. The number of nitrogens with two attached hydrogens (primary N) is 1. The normalized spacial score (nSPS) is 27.3. The van der Waals surface area contributed by atoms with Gasteiger partial charge in [0.15, 0.2) is 0 Å². The van der Waals surface area contributed by atoms with Crippen molar-refractivity contribution < 1.29 is 9.26 Å². The largest absolute Gasteiger partial charge is 0.370 e. The van der Waals surface area contributed by atoms with Crippen molar-refractivity contribution in [3.05, 3.63) is 23.9 Å². The Labute approximate surface area is 101 Å². The van der Waals surface area contributed by atoms with Crippen molar-refractivity contribution in [3.8, 4) is 0 Å². The molecule has 2 N–H and O–H groups in total. The van der Waals surface area contributed by atoms with Gasteiger partial charge >= 0.3 is 0 Å². The summed E-state index contributed by atoms with van der Waals surface area (Å²) in [5.74, 6) is 1.37. The van der Waals surface area contributed by atoms with E-state index in [2.05, 4.69) is 10.1 Å². The minimum Gasteiger partial charge on any atom is -0.370 e. The molecule has 0 radical (unpaired) electrons. The van der Waals surface area contributed by atoms with Gasteiger partial charge in [-0.15, -0.1) is 0 Å². The third-order valence-corrected chi connectivity index (χ3v) is 3.47. The van der Waals surface area contributed by atoms with E-state index in [9.17, 15) is 0 Å². The summed E-state index contributed by atoms with van der Waals surface area (Å²) in [6, 6.07) is 0.0929. The first-order valence-electron chi connectivity index (χ1n) is 5.92. The van der Waals surface area contributed by atoms with E-state index < -0.39 is 5.60 Å². The molecule has 2 rings (SSSR count). The standard InChI is InChI=1S/C12H19N3O2/c1-4-12(2,16-3)11-14-10(17-15-11)8-5-6-9(13)7-8/h5-6,8-9H,4,7,13H2,1-3H3. The summed E-state index contributed by atoms with van der Waals surface area (Å²) in [6.45, 7) is 3.99. The summed E-state index contributed by atoms with van der Waals surface area (Å²) in [5.41, 5.74) is 5.33. The van der Waals surface area contributed by atoms with E-state index in [4.69, 9.17) is 15.0 Å². The molecule has 0 fully saturated rings. The molecule has 1 aromatic heterocycles. The average Bonchev–Trinajstić information content (AvgIpc) is 2.96. The molecule has 1 aliphatic carbocycles. The van der Waals surface area contributed by atoms with Gasteiger partial charge in [0.2, 0.25) is 11.7 Å². The molecule has 5 nitrogen and oxygen atoms in total. The summed E-state index contributed by atoms with van der Waals surface area (Å²) in [6.07, 6.45) is 5.63. The van der Waals surface area contributed by atoms with Crippen LogP contribution in [0.5, 0.6) is 0 Å². The second-order valence-corrected chi connectivity index (χ2v) is 4.64. The molecule has 1 heterocycles. The Bertz CT molecular complexity index is 410. The van der Waals surface area contributed by atoms with Crippen molar-refractivity contribution in [1.82, 2.24) is 10.1 Å². The number of nitrogens with zero attached hydrogens (tertiary/aromatic N) is 2. The number of rotatable bonds is 4. The van der Waals surface area contributed by atoms with Gasteiger partial charge < -0.3 is 15.0 Å². The third-order valence-electron chi connectivity index (χ3n) is 3.47. The molecule has 0 aliphatic heterocycles. The van der Waals surface area contributed by atoms with Gasteiger partial charge in [0.25, 0.3) is 0 Å². The fourth-order valence-corrected chi connectivity index (χ4v) is 1.90. The zero-order chi connectivity index (χ0) is 12.5. The SMILES string of the molecule is CCC(C)(OC)c1noc(C2C=CC(N)C2)n1. The quantitative estimate of drug-likeness (QED) is 0.807. The van der Waals surface area contributed by atoms with Gasteiger partial charge in [0.1, 0.15) is 5.60 Å². The monoisotopic (exact) mass is 237 g/mol. The topological polar surface area (TPSA) is 74.2 Å². The maximum Gasteiger partial charge on any atom is 0.233 e. The van der Waals surface area contributed by atoms with Crippen LogP contribution in [0.25, 0.3) is 0 Å². The highest BCUT2D eigenvalue weighted by Crippen LogP contribution is 2.30. The molecule has 5 heteroatoms. The highest BCUT2D eigenvalue weighted by atomic mass is 16.5. The van der Waals surface area contributed by atoms with Crippen molar-refractivity contribution in [3.63, 3.8) is 0 Å². The number of allylic oxidation sites excluding steroid dienone is 1. The van der Waals surface area contributed by atoms with Gasteiger partial charge in [0, 0.05) is 13.2 Å². The van der Waals surface area contributed by atoms with Crippen LogP contribution in [0, 0.1) is 0 Å². The number of aromatic nitrogens is 2. The molecule has 3 atom stereocenters. The highest BCUT2D eigenvalue weighted by molar-refractivity contribution is 5.16. The molecule has 0 bridgehead atoms. The molecule has 3 unspecified atom stereocenters. The maximum atomic E-state index is 5.81. The molecule has 1 aliphatic rings. The Morgan fingerprint density at radius 1 is 1.59 bits per heavy atom. The lowest BCUT2D eigenvalue weighted by Gasteiger charge is -2.21. The van der Waals surface area contributed by atoms with Crippen LogP contribution in [-0.2, 0) is 10.3 Å². The van der Waals surface area contributed by atoms with Crippen LogP contribution in [0.4, 0.5) is 0 Å². The van der Waals surface area contributed by atoms with E-state index in [1.807, 2.05) is 26.0 Å². The molecule has 17 heavy (non-hydrogen) atoms. The van der Waals surface area contributed by atoms with E-state index in [-0.39, 0.29) is 12.0 Å². The fraction of sp³-hybridized carbons (Fsp3) is 0.667. The third kappa shape index (κ3) is 2.25. The van der Waals surface area contributed by atoms with Crippen LogP contribution in [0.2, 0.25) is 0 Å². The predicted molar refractivity (Wildman–Crippen MR) is 63.4 cm³/mol. The van der Waals surface area contributed by atoms with Crippen LogP contribution in [0.1, 0.15) is 44.3 Å². The van der Waals surface area contributed by atoms with Crippen LogP contribution in [-0.4, -0.2) is 23.3 Å². The van der Waals surface area contributed by atoms with Crippen molar-refractivity contribution >= 4 is 0 Å². The van der Waals surface area contributed by atoms with E-state index in [0.717, 1.165) is 12.8 Å². The maximum absolute atomic E-state index is 5.81. The first-order valence-corrected chi connectivity index (χ1v) is 5.92. The summed E-state index contributed by atoms with van der Waals surface area (Å²) < 4.78 is 10.7. The first kappa shape index (κ1) is 12.3. The Kier molecular flexibility index (Phi) is 3.31. The summed E-state index contributed by atoms with van der Waals surface area (Å²) >= 11 is 0. The van der Waals surface area contributed by atoms with Crippen LogP contribution in [0.3, 0.4) is 0 Å². The number of hydrogen-bond donors (Lipinski definition) is 1. The smallest absolute Gasteiger partial charge is 0.233 e. The van der Waals surface area contributed by atoms with Gasteiger partial charge in [-0.3, -0.25) is 0 Å². The number of methoxy groups -OCH3 is 1. The molecular weight excluding hydrogens is 218 g/mol. The van der Waals surface area contributed by atoms with Crippen molar-refractivity contribution in [2.45, 2.75) is 44.2 Å². The molecule has 0 aromatic carbocycles. The lowest BCUT2D eigenvalue weighted by molar-refractivity contribution is -0.0106. The molecule has 0 saturated carbocycles. The Balaban J connectivity index is 2.19. The fourth-order valence-electron chi connectivity index (χ4n) is 1.90. The van der Waals surface area contributed by atoms with Crippen molar-refractivity contribution in [2.75, 3.05) is 7.11 Å². The van der Waals surface area contributed by atoms with Gasteiger partial charge in [-0.2, -0.15) is 4.98 Å². The molecular formula is C12H19N3O2. The van der Waals surface area contributed by atoms with E-state index in [1.165, 1.54) is 0 Å². The summed E-state index contributed by atoms with van der Waals surface area (Å²) in [5, 5.41) is 4.01. The summed E-state index contributed by atoms with van der Waals surface area (Å²) in [4.78, 5) is 4.43. The first-order chi connectivity index (χ1) is 8.09. The molecule has 1 aromatic rings. The van der Waals surface area contributed by atoms with E-state index >= 15 is 0 Å². The number of ether oxygens (including phenoxy) is 1. The molecule has 0 amide bonds. The van der Waals surface area contributed by atoms with Crippen molar-refractivity contribution in [1.29, 1.82) is 0 Å². The Morgan fingerprint density at radius 2 is 2.35 bits per heavy atom. The lowest BCUT2D eigenvalue weighted by Crippen LogP contribution is -2.24. The second kappa shape index (κ2) is 4.58. The van der Waals surface area contributed by atoms with E-state index in [1.54, 1.807) is 7.11 Å². The minimum absolute atomic E-state index is 0.0929. The Morgan fingerprint density at radius 3 is 2.88 bits per heavy atom. The average molecular weight is 237 g/mol. The molecule has 94 valence electrons. The minimum atomic E-state index is -0.480. The van der Waals surface area contributed by atoms with Crippen molar-refractivity contribution in [2.24, 2.45) is 5.73 Å². The molecule has 0 spiro atoms. The van der Waals surface area contributed by atoms with E-state index in [0.29, 0.717) is 11.7 Å². The number of hydrogen-bond acceptors (Lipinski definition) is 5. The zero-order valence-corrected chi connectivity index (χ0v) is 10.5. The van der Waals surface area contributed by atoms with Crippen LogP contribution in [0.15, 0.2) is 16.7 Å².